The van der Waals surface area contributed by atoms with Crippen LogP contribution >= 0.6 is 50.7 Å². The van der Waals surface area contributed by atoms with Gasteiger partial charge in [-0.15, -0.1) is 0 Å². The predicted molar refractivity (Wildman–Crippen MR) is 91.1 cm³/mol. The second kappa shape index (κ2) is 7.15. The van der Waals surface area contributed by atoms with Gasteiger partial charge in [-0.3, -0.25) is 0 Å². The zero-order valence-electron chi connectivity index (χ0n) is 10.8. The maximum absolute atomic E-state index is 6.36. The van der Waals surface area contributed by atoms with Crippen molar-refractivity contribution in [3.05, 3.63) is 67.1 Å². The van der Waals surface area contributed by atoms with E-state index in [4.69, 9.17) is 34.8 Å². The smallest absolute Gasteiger partial charge is 0.0595 e. The fraction of sp³-hybridized carbons (Fsp3) is 0.200. The van der Waals surface area contributed by atoms with Crippen molar-refractivity contribution in [2.45, 2.75) is 12.5 Å². The molecule has 1 atom stereocenters. The lowest BCUT2D eigenvalue weighted by molar-refractivity contribution is 0.592. The molecule has 0 radical (unpaired) electrons. The Labute approximate surface area is 142 Å². The highest BCUT2D eigenvalue weighted by molar-refractivity contribution is 9.10. The van der Waals surface area contributed by atoms with E-state index < -0.39 is 0 Å². The van der Waals surface area contributed by atoms with Crippen molar-refractivity contribution in [3.63, 3.8) is 0 Å². The second-order valence-electron chi connectivity index (χ2n) is 4.39. The standard InChI is InChI=1S/C15H13BrCl3N/c1-20-14(9-4-2-5-11(16)15(9)19)8-10-12(17)6-3-7-13(10)18/h2-7,14,20H,8H2,1H3. The predicted octanol–water partition coefficient (Wildman–Crippen LogP) is 5.91. The van der Waals surface area contributed by atoms with Crippen LogP contribution in [0.2, 0.25) is 15.1 Å². The molecule has 0 spiro atoms. The largest absolute Gasteiger partial charge is 0.313 e. The summed E-state index contributed by atoms with van der Waals surface area (Å²) in [7, 11) is 1.90. The fourth-order valence-corrected chi connectivity index (χ4v) is 3.28. The molecular formula is C15H13BrCl3N. The van der Waals surface area contributed by atoms with Gasteiger partial charge in [-0.05, 0) is 58.7 Å². The van der Waals surface area contributed by atoms with Gasteiger partial charge in [-0.2, -0.15) is 0 Å². The monoisotopic (exact) mass is 391 g/mol. The molecule has 1 nitrogen and oxygen atoms in total. The molecule has 0 aliphatic heterocycles. The third-order valence-electron chi connectivity index (χ3n) is 3.18. The van der Waals surface area contributed by atoms with Gasteiger partial charge in [0.05, 0.1) is 5.02 Å². The summed E-state index contributed by atoms with van der Waals surface area (Å²) < 4.78 is 0.877. The Bertz CT molecular complexity index is 596. The van der Waals surface area contributed by atoms with E-state index in [0.29, 0.717) is 21.5 Å². The molecular weight excluding hydrogens is 380 g/mol. The van der Waals surface area contributed by atoms with Crippen LogP contribution in [0.5, 0.6) is 0 Å². The molecule has 0 heterocycles. The molecule has 2 rings (SSSR count). The number of likely N-dealkylation sites (N-methyl/N-ethyl adjacent to an activating group) is 1. The van der Waals surface area contributed by atoms with Gasteiger partial charge in [0.2, 0.25) is 0 Å². The lowest BCUT2D eigenvalue weighted by atomic mass is 9.99. The molecule has 2 aromatic rings. The Morgan fingerprint density at radius 3 is 2.25 bits per heavy atom. The average Bonchev–Trinajstić information content (AvgIpc) is 2.42. The van der Waals surface area contributed by atoms with Crippen LogP contribution in [0, 0.1) is 0 Å². The van der Waals surface area contributed by atoms with Crippen LogP contribution < -0.4 is 5.32 Å². The number of nitrogens with one attached hydrogen (secondary N) is 1. The van der Waals surface area contributed by atoms with Crippen LogP contribution in [0.4, 0.5) is 0 Å². The molecule has 0 aliphatic rings. The van der Waals surface area contributed by atoms with Gasteiger partial charge in [-0.1, -0.05) is 53.0 Å². The number of hydrogen-bond acceptors (Lipinski definition) is 1. The van der Waals surface area contributed by atoms with E-state index in [1.54, 1.807) is 0 Å². The quantitative estimate of drug-likeness (QED) is 0.681. The van der Waals surface area contributed by atoms with Gasteiger partial charge in [0.15, 0.2) is 0 Å². The Morgan fingerprint density at radius 2 is 1.65 bits per heavy atom. The minimum atomic E-state index is 0.0393. The lowest BCUT2D eigenvalue weighted by Gasteiger charge is -2.20. The van der Waals surface area contributed by atoms with Crippen LogP contribution in [0.3, 0.4) is 0 Å². The fourth-order valence-electron chi connectivity index (χ4n) is 2.09. The third-order valence-corrected chi connectivity index (χ3v) is 5.19. The molecule has 0 fully saturated rings. The number of halogens is 4. The Hall–Kier alpha value is -0.250. The number of benzene rings is 2. The first-order chi connectivity index (χ1) is 9.54. The van der Waals surface area contributed by atoms with Crippen LogP contribution in [0.1, 0.15) is 17.2 Å². The zero-order valence-corrected chi connectivity index (χ0v) is 14.6. The van der Waals surface area contributed by atoms with E-state index >= 15 is 0 Å². The highest BCUT2D eigenvalue weighted by atomic mass is 79.9. The normalized spacial score (nSPS) is 12.4. The van der Waals surface area contributed by atoms with Crippen molar-refractivity contribution in [3.8, 4) is 0 Å². The van der Waals surface area contributed by atoms with Crippen LogP contribution in [0.15, 0.2) is 40.9 Å². The van der Waals surface area contributed by atoms with E-state index in [9.17, 15) is 0 Å². The molecule has 20 heavy (non-hydrogen) atoms. The maximum atomic E-state index is 6.36. The van der Waals surface area contributed by atoms with E-state index in [1.165, 1.54) is 0 Å². The van der Waals surface area contributed by atoms with E-state index in [0.717, 1.165) is 15.6 Å². The van der Waals surface area contributed by atoms with Crippen LogP contribution in [0.25, 0.3) is 0 Å². The lowest BCUT2D eigenvalue weighted by Crippen LogP contribution is -2.19. The molecule has 0 bridgehead atoms. The number of rotatable bonds is 4. The van der Waals surface area contributed by atoms with E-state index in [-0.39, 0.29) is 6.04 Å². The molecule has 0 aliphatic carbocycles. The Morgan fingerprint density at radius 1 is 1.05 bits per heavy atom. The zero-order chi connectivity index (χ0) is 14.7. The second-order valence-corrected chi connectivity index (χ2v) is 6.44. The van der Waals surface area contributed by atoms with Crippen molar-refractivity contribution >= 4 is 50.7 Å². The Kier molecular flexibility index (Phi) is 5.76. The molecule has 1 N–H and O–H groups in total. The maximum Gasteiger partial charge on any atom is 0.0595 e. The minimum absolute atomic E-state index is 0.0393. The van der Waals surface area contributed by atoms with Crippen LogP contribution in [-0.2, 0) is 6.42 Å². The van der Waals surface area contributed by atoms with Crippen LogP contribution in [-0.4, -0.2) is 7.05 Å². The summed E-state index contributed by atoms with van der Waals surface area (Å²) >= 11 is 22.3. The molecule has 0 amide bonds. The van der Waals surface area contributed by atoms with Crippen molar-refractivity contribution in [1.29, 1.82) is 0 Å². The van der Waals surface area contributed by atoms with Gasteiger partial charge >= 0.3 is 0 Å². The summed E-state index contributed by atoms with van der Waals surface area (Å²) in [5, 5.41) is 5.31. The highest BCUT2D eigenvalue weighted by Crippen LogP contribution is 2.34. The molecule has 5 heteroatoms. The summed E-state index contributed by atoms with van der Waals surface area (Å²) in [6.45, 7) is 0. The molecule has 0 aromatic heterocycles. The van der Waals surface area contributed by atoms with Crippen molar-refractivity contribution < 1.29 is 0 Å². The summed E-state index contributed by atoms with van der Waals surface area (Å²) in [6, 6.07) is 11.5. The topological polar surface area (TPSA) is 12.0 Å². The summed E-state index contributed by atoms with van der Waals surface area (Å²) in [5.41, 5.74) is 1.94. The summed E-state index contributed by atoms with van der Waals surface area (Å²) in [6.07, 6.45) is 0.672. The average molecular weight is 394 g/mol. The minimum Gasteiger partial charge on any atom is -0.313 e. The van der Waals surface area contributed by atoms with Gasteiger partial charge in [0.1, 0.15) is 0 Å². The van der Waals surface area contributed by atoms with Crippen molar-refractivity contribution in [1.82, 2.24) is 5.32 Å². The van der Waals surface area contributed by atoms with Gasteiger partial charge in [0.25, 0.3) is 0 Å². The van der Waals surface area contributed by atoms with Crippen molar-refractivity contribution in [2.75, 3.05) is 7.05 Å². The SMILES string of the molecule is CNC(Cc1c(Cl)cccc1Cl)c1cccc(Br)c1Cl. The number of hydrogen-bond donors (Lipinski definition) is 1. The molecule has 0 saturated carbocycles. The van der Waals surface area contributed by atoms with E-state index in [1.807, 2.05) is 43.4 Å². The summed E-state index contributed by atoms with van der Waals surface area (Å²) in [4.78, 5) is 0. The van der Waals surface area contributed by atoms with E-state index in [2.05, 4.69) is 21.2 Å². The third kappa shape index (κ3) is 3.49. The first-order valence-corrected chi connectivity index (χ1v) is 8.01. The van der Waals surface area contributed by atoms with Gasteiger partial charge < -0.3 is 5.32 Å². The van der Waals surface area contributed by atoms with Gasteiger partial charge in [-0.25, -0.2) is 0 Å². The molecule has 0 saturated heterocycles. The van der Waals surface area contributed by atoms with Gasteiger partial charge in [0, 0.05) is 20.6 Å². The highest BCUT2D eigenvalue weighted by Gasteiger charge is 2.18. The van der Waals surface area contributed by atoms with Crippen molar-refractivity contribution in [2.24, 2.45) is 0 Å². The first-order valence-electron chi connectivity index (χ1n) is 6.08. The molecule has 2 aromatic carbocycles. The first kappa shape index (κ1) is 16.1. The Balaban J connectivity index is 2.37. The summed E-state index contributed by atoms with van der Waals surface area (Å²) in [5.74, 6) is 0. The molecule has 106 valence electrons. The molecule has 1 unspecified atom stereocenters.